The average Bonchev–Trinajstić information content (AvgIpc) is 2.26. The molecular weight excluding hydrogens is 250 g/mol. The second-order valence-electron chi connectivity index (χ2n) is 2.50. The van der Waals surface area contributed by atoms with Gasteiger partial charge >= 0.3 is 5.97 Å². The Labute approximate surface area is 103 Å². The fourth-order valence-corrected chi connectivity index (χ4v) is 1.50. The summed E-state index contributed by atoms with van der Waals surface area (Å²) in [6.07, 6.45) is 0.524. The standard InChI is InChI=1S/C8H13N3O3S2/c1-2-13-8(15)16-6-7(12)14-5-3-4-10-11-9/h2-6H2,1H3. The minimum atomic E-state index is -0.354. The Morgan fingerprint density at radius 2 is 2.31 bits per heavy atom. The second-order valence-corrected chi connectivity index (χ2v) is 4.08. The first-order valence-electron chi connectivity index (χ1n) is 4.66. The molecule has 0 bridgehead atoms. The first-order chi connectivity index (χ1) is 7.70. The highest BCUT2D eigenvalue weighted by molar-refractivity contribution is 8.23. The van der Waals surface area contributed by atoms with Gasteiger partial charge in [0.25, 0.3) is 0 Å². The summed E-state index contributed by atoms with van der Waals surface area (Å²) in [6, 6.07) is 0. The molecule has 0 aromatic carbocycles. The molecule has 0 aliphatic carbocycles. The van der Waals surface area contributed by atoms with E-state index in [2.05, 4.69) is 10.0 Å². The Morgan fingerprint density at radius 1 is 1.56 bits per heavy atom. The number of azide groups is 1. The van der Waals surface area contributed by atoms with Gasteiger partial charge in [0, 0.05) is 11.5 Å². The van der Waals surface area contributed by atoms with Crippen LogP contribution in [-0.2, 0) is 14.3 Å². The van der Waals surface area contributed by atoms with Crippen LogP contribution in [0.1, 0.15) is 13.3 Å². The molecular formula is C8H13N3O3S2. The molecule has 0 aromatic rings. The zero-order chi connectivity index (χ0) is 12.2. The Morgan fingerprint density at radius 3 is 2.94 bits per heavy atom. The van der Waals surface area contributed by atoms with Crippen molar-refractivity contribution in [1.29, 1.82) is 0 Å². The van der Waals surface area contributed by atoms with Crippen LogP contribution in [0.2, 0.25) is 0 Å². The fraction of sp³-hybridized carbons (Fsp3) is 0.750. The van der Waals surface area contributed by atoms with Crippen LogP contribution in [-0.4, -0.2) is 35.9 Å². The highest BCUT2D eigenvalue weighted by atomic mass is 32.2. The summed E-state index contributed by atoms with van der Waals surface area (Å²) in [5.74, 6) is -0.214. The average molecular weight is 263 g/mol. The second kappa shape index (κ2) is 10.5. The van der Waals surface area contributed by atoms with E-state index < -0.39 is 0 Å². The molecule has 0 amide bonds. The van der Waals surface area contributed by atoms with E-state index in [4.69, 9.17) is 27.2 Å². The van der Waals surface area contributed by atoms with E-state index in [1.165, 1.54) is 0 Å². The lowest BCUT2D eigenvalue weighted by molar-refractivity contribution is -0.140. The predicted octanol–water partition coefficient (Wildman–Crippen LogP) is 2.28. The summed E-state index contributed by atoms with van der Waals surface area (Å²) in [5, 5.41) is 3.31. The lowest BCUT2D eigenvalue weighted by Gasteiger charge is -2.04. The number of hydrogen-bond donors (Lipinski definition) is 0. The van der Waals surface area contributed by atoms with Crippen LogP contribution < -0.4 is 0 Å². The quantitative estimate of drug-likeness (QED) is 0.176. The molecule has 0 atom stereocenters. The van der Waals surface area contributed by atoms with Gasteiger partial charge in [0.15, 0.2) is 0 Å². The molecule has 0 aliphatic rings. The van der Waals surface area contributed by atoms with Crippen LogP contribution in [0.25, 0.3) is 10.4 Å². The molecule has 0 rings (SSSR count). The van der Waals surface area contributed by atoms with Crippen molar-refractivity contribution in [3.63, 3.8) is 0 Å². The normalized spacial score (nSPS) is 9.06. The minimum Gasteiger partial charge on any atom is -0.479 e. The maximum atomic E-state index is 11.1. The van der Waals surface area contributed by atoms with Gasteiger partial charge in [-0.25, -0.2) is 0 Å². The van der Waals surface area contributed by atoms with E-state index in [1.807, 2.05) is 6.92 Å². The van der Waals surface area contributed by atoms with Gasteiger partial charge in [0.1, 0.15) is 0 Å². The summed E-state index contributed by atoms with van der Waals surface area (Å²) in [6.45, 7) is 2.89. The molecule has 0 N–H and O–H groups in total. The third kappa shape index (κ3) is 9.57. The molecule has 0 aromatic heterocycles. The zero-order valence-electron chi connectivity index (χ0n) is 8.92. The molecule has 0 aliphatic heterocycles. The highest BCUT2D eigenvalue weighted by Gasteiger charge is 2.05. The predicted molar refractivity (Wildman–Crippen MR) is 66.3 cm³/mol. The van der Waals surface area contributed by atoms with Gasteiger partial charge < -0.3 is 9.47 Å². The number of carbonyl (C=O) groups is 1. The number of hydrogen-bond acceptors (Lipinski definition) is 6. The third-order valence-electron chi connectivity index (χ3n) is 1.30. The van der Waals surface area contributed by atoms with Gasteiger partial charge in [-0.3, -0.25) is 4.79 Å². The number of carbonyl (C=O) groups excluding carboxylic acids is 1. The first-order valence-corrected chi connectivity index (χ1v) is 6.06. The fourth-order valence-electron chi connectivity index (χ4n) is 0.685. The molecule has 0 fully saturated rings. The highest BCUT2D eigenvalue weighted by Crippen LogP contribution is 2.06. The molecule has 0 radical (unpaired) electrons. The molecule has 0 heterocycles. The van der Waals surface area contributed by atoms with Crippen LogP contribution in [0.15, 0.2) is 5.11 Å². The molecule has 8 heteroatoms. The van der Waals surface area contributed by atoms with Crippen molar-refractivity contribution in [3.8, 4) is 0 Å². The topological polar surface area (TPSA) is 84.3 Å². The molecule has 90 valence electrons. The van der Waals surface area contributed by atoms with Gasteiger partial charge in [0.05, 0.1) is 19.0 Å². The summed E-state index contributed by atoms with van der Waals surface area (Å²) in [4.78, 5) is 13.7. The van der Waals surface area contributed by atoms with Crippen LogP contribution >= 0.6 is 24.0 Å². The molecule has 6 nitrogen and oxygen atoms in total. The van der Waals surface area contributed by atoms with E-state index in [0.29, 0.717) is 24.0 Å². The van der Waals surface area contributed by atoms with Crippen LogP contribution in [0.3, 0.4) is 0 Å². The van der Waals surface area contributed by atoms with E-state index in [9.17, 15) is 4.79 Å². The maximum Gasteiger partial charge on any atom is 0.316 e. The number of thiocarbonyl (C=S) groups is 1. The van der Waals surface area contributed by atoms with E-state index in [0.717, 1.165) is 11.8 Å². The van der Waals surface area contributed by atoms with E-state index in [-0.39, 0.29) is 18.3 Å². The van der Waals surface area contributed by atoms with Gasteiger partial charge in [-0.2, -0.15) is 0 Å². The van der Waals surface area contributed by atoms with Crippen molar-refractivity contribution < 1.29 is 14.3 Å². The van der Waals surface area contributed by atoms with Crippen molar-refractivity contribution >= 4 is 34.3 Å². The van der Waals surface area contributed by atoms with Crippen molar-refractivity contribution in [2.75, 3.05) is 25.5 Å². The summed E-state index contributed by atoms with van der Waals surface area (Å²) in [7, 11) is 0. The number of esters is 1. The van der Waals surface area contributed by atoms with Crippen LogP contribution in [0.4, 0.5) is 0 Å². The monoisotopic (exact) mass is 263 g/mol. The Kier molecular flexibility index (Phi) is 9.89. The van der Waals surface area contributed by atoms with Gasteiger partial charge in [0.2, 0.25) is 4.38 Å². The van der Waals surface area contributed by atoms with Crippen molar-refractivity contribution in [2.45, 2.75) is 13.3 Å². The summed E-state index contributed by atoms with van der Waals surface area (Å²) in [5.41, 5.74) is 7.99. The Hall–Kier alpha value is -0.980. The lowest BCUT2D eigenvalue weighted by Crippen LogP contribution is -2.11. The van der Waals surface area contributed by atoms with Crippen molar-refractivity contribution in [3.05, 3.63) is 10.4 Å². The first kappa shape index (κ1) is 15.0. The number of thioether (sulfide) groups is 1. The number of rotatable bonds is 7. The van der Waals surface area contributed by atoms with Crippen molar-refractivity contribution in [2.24, 2.45) is 5.11 Å². The SMILES string of the molecule is CCOC(=S)SCC(=O)OCCCN=[N+]=[N-]. The Bertz CT molecular complexity index is 280. The molecule has 0 saturated heterocycles. The van der Waals surface area contributed by atoms with E-state index >= 15 is 0 Å². The maximum absolute atomic E-state index is 11.1. The molecule has 16 heavy (non-hydrogen) atoms. The molecule has 0 spiro atoms. The summed E-state index contributed by atoms with van der Waals surface area (Å²) >= 11 is 5.95. The largest absolute Gasteiger partial charge is 0.479 e. The molecule has 0 saturated carbocycles. The third-order valence-corrected chi connectivity index (χ3v) is 2.50. The summed E-state index contributed by atoms with van der Waals surface area (Å²) < 4.78 is 10.2. The van der Waals surface area contributed by atoms with E-state index in [1.54, 1.807) is 0 Å². The van der Waals surface area contributed by atoms with Crippen LogP contribution in [0, 0.1) is 0 Å². The number of ether oxygens (including phenoxy) is 2. The van der Waals surface area contributed by atoms with Crippen LogP contribution in [0.5, 0.6) is 0 Å². The minimum absolute atomic E-state index is 0.139. The number of nitrogens with zero attached hydrogens (tertiary/aromatic N) is 3. The van der Waals surface area contributed by atoms with Gasteiger partial charge in [-0.15, -0.1) is 0 Å². The van der Waals surface area contributed by atoms with Gasteiger partial charge in [-0.05, 0) is 31.1 Å². The lowest BCUT2D eigenvalue weighted by atomic mass is 10.5. The zero-order valence-corrected chi connectivity index (χ0v) is 10.6. The van der Waals surface area contributed by atoms with Crippen molar-refractivity contribution in [1.82, 2.24) is 0 Å². The molecule has 0 unspecified atom stereocenters. The Balaban J connectivity index is 3.44. The van der Waals surface area contributed by atoms with Gasteiger partial charge in [-0.1, -0.05) is 16.9 Å². The smallest absolute Gasteiger partial charge is 0.316 e.